The van der Waals surface area contributed by atoms with Gasteiger partial charge in [0.25, 0.3) is 5.91 Å². The minimum Gasteiger partial charge on any atom is -0.396 e. The summed E-state index contributed by atoms with van der Waals surface area (Å²) in [5, 5.41) is 12.0. The molecule has 20 heavy (non-hydrogen) atoms. The van der Waals surface area contributed by atoms with Gasteiger partial charge in [0.05, 0.1) is 0 Å². The van der Waals surface area contributed by atoms with Crippen molar-refractivity contribution in [1.82, 2.24) is 10.3 Å². The summed E-state index contributed by atoms with van der Waals surface area (Å²) in [5.74, 6) is -0.162. The molecule has 1 rings (SSSR count). The zero-order valence-corrected chi connectivity index (χ0v) is 13.3. The lowest BCUT2D eigenvalue weighted by molar-refractivity contribution is 0.0936. The Kier molecular flexibility index (Phi) is 5.96. The van der Waals surface area contributed by atoms with Gasteiger partial charge in [-0.1, -0.05) is 32.4 Å². The Labute approximate surface area is 125 Å². The van der Waals surface area contributed by atoms with Crippen molar-refractivity contribution >= 4 is 17.5 Å². The van der Waals surface area contributed by atoms with E-state index in [0.717, 1.165) is 12.1 Å². The highest BCUT2D eigenvalue weighted by Gasteiger charge is 2.19. The fourth-order valence-electron chi connectivity index (χ4n) is 1.79. The molecular weight excluding hydrogens is 276 g/mol. The standard InChI is InChI=1S/C15H23ClN2O2/c1-10(6-5-7-19)17-14(20)11-8-12(15(2,3)4)18-13(16)9-11/h8-10,19H,5-7H2,1-4H3,(H,17,20). The van der Waals surface area contributed by atoms with Gasteiger partial charge in [-0.25, -0.2) is 4.98 Å². The molecule has 1 aromatic rings. The van der Waals surface area contributed by atoms with Crippen molar-refractivity contribution in [1.29, 1.82) is 0 Å². The van der Waals surface area contributed by atoms with Crippen LogP contribution in [-0.4, -0.2) is 28.6 Å². The summed E-state index contributed by atoms with van der Waals surface area (Å²) in [6.07, 6.45) is 1.42. The monoisotopic (exact) mass is 298 g/mol. The van der Waals surface area contributed by atoms with Gasteiger partial charge < -0.3 is 10.4 Å². The van der Waals surface area contributed by atoms with Gasteiger partial charge in [0.15, 0.2) is 0 Å². The first-order valence-corrected chi connectivity index (χ1v) is 7.21. The maximum absolute atomic E-state index is 12.2. The third-order valence-electron chi connectivity index (χ3n) is 3.00. The van der Waals surface area contributed by atoms with Crippen molar-refractivity contribution in [3.8, 4) is 0 Å². The third kappa shape index (κ3) is 5.10. The highest BCUT2D eigenvalue weighted by Crippen LogP contribution is 2.23. The summed E-state index contributed by atoms with van der Waals surface area (Å²) in [5.41, 5.74) is 1.14. The molecule has 4 nitrogen and oxygen atoms in total. The van der Waals surface area contributed by atoms with Crippen LogP contribution in [0.15, 0.2) is 12.1 Å². The van der Waals surface area contributed by atoms with E-state index < -0.39 is 0 Å². The number of nitrogens with one attached hydrogen (secondary N) is 1. The van der Waals surface area contributed by atoms with Crippen LogP contribution >= 0.6 is 11.6 Å². The van der Waals surface area contributed by atoms with Crippen LogP contribution in [0.1, 0.15) is 56.6 Å². The molecule has 0 spiro atoms. The number of carbonyl (C=O) groups is 1. The Morgan fingerprint density at radius 2 is 2.10 bits per heavy atom. The van der Waals surface area contributed by atoms with Crippen LogP contribution in [0.5, 0.6) is 0 Å². The zero-order valence-electron chi connectivity index (χ0n) is 12.5. The Balaban J connectivity index is 2.85. The molecule has 1 aromatic heterocycles. The second-order valence-electron chi connectivity index (χ2n) is 6.05. The van der Waals surface area contributed by atoms with E-state index in [1.807, 2.05) is 27.7 Å². The first kappa shape index (κ1) is 16.9. The van der Waals surface area contributed by atoms with Crippen LogP contribution in [0.25, 0.3) is 0 Å². The zero-order chi connectivity index (χ0) is 15.3. The third-order valence-corrected chi connectivity index (χ3v) is 3.19. The van der Waals surface area contributed by atoms with Crippen LogP contribution in [0.2, 0.25) is 5.15 Å². The molecule has 0 saturated heterocycles. The van der Waals surface area contributed by atoms with Gasteiger partial charge in [-0.3, -0.25) is 4.79 Å². The van der Waals surface area contributed by atoms with Gasteiger partial charge in [-0.2, -0.15) is 0 Å². The molecule has 0 fully saturated rings. The molecule has 112 valence electrons. The Morgan fingerprint density at radius 3 is 2.65 bits per heavy atom. The quantitative estimate of drug-likeness (QED) is 0.822. The minimum absolute atomic E-state index is 0.0136. The van der Waals surface area contributed by atoms with Crippen LogP contribution in [0.4, 0.5) is 0 Å². The number of hydrogen-bond acceptors (Lipinski definition) is 3. The average Bonchev–Trinajstić information content (AvgIpc) is 2.34. The van der Waals surface area contributed by atoms with E-state index in [-0.39, 0.29) is 24.0 Å². The smallest absolute Gasteiger partial charge is 0.251 e. The van der Waals surface area contributed by atoms with Gasteiger partial charge in [0.2, 0.25) is 0 Å². The van der Waals surface area contributed by atoms with E-state index in [1.54, 1.807) is 12.1 Å². The van der Waals surface area contributed by atoms with Gasteiger partial charge in [-0.15, -0.1) is 0 Å². The lowest BCUT2D eigenvalue weighted by Gasteiger charge is -2.19. The average molecular weight is 299 g/mol. The second-order valence-corrected chi connectivity index (χ2v) is 6.44. The summed E-state index contributed by atoms with van der Waals surface area (Å²) < 4.78 is 0. The number of nitrogens with zero attached hydrogens (tertiary/aromatic N) is 1. The minimum atomic E-state index is -0.164. The van der Waals surface area contributed by atoms with E-state index in [1.165, 1.54) is 0 Å². The summed E-state index contributed by atoms with van der Waals surface area (Å²) in [6, 6.07) is 3.37. The first-order chi connectivity index (χ1) is 9.24. The maximum Gasteiger partial charge on any atom is 0.251 e. The number of aliphatic hydroxyl groups is 1. The number of carbonyl (C=O) groups excluding carboxylic acids is 1. The molecule has 0 aliphatic carbocycles. The largest absolute Gasteiger partial charge is 0.396 e. The predicted molar refractivity (Wildman–Crippen MR) is 81.2 cm³/mol. The molecule has 0 bridgehead atoms. The maximum atomic E-state index is 12.2. The second kappa shape index (κ2) is 7.04. The van der Waals surface area contributed by atoms with E-state index in [4.69, 9.17) is 16.7 Å². The summed E-state index contributed by atoms with van der Waals surface area (Å²) in [6.45, 7) is 8.13. The fourth-order valence-corrected chi connectivity index (χ4v) is 2.00. The van der Waals surface area contributed by atoms with E-state index >= 15 is 0 Å². The summed E-state index contributed by atoms with van der Waals surface area (Å²) in [4.78, 5) is 16.5. The molecule has 0 radical (unpaired) electrons. The van der Waals surface area contributed by atoms with E-state index in [0.29, 0.717) is 17.1 Å². The normalized spacial score (nSPS) is 13.1. The predicted octanol–water partition coefficient (Wildman–Crippen LogP) is 2.92. The topological polar surface area (TPSA) is 62.2 Å². The summed E-state index contributed by atoms with van der Waals surface area (Å²) in [7, 11) is 0. The van der Waals surface area contributed by atoms with E-state index in [2.05, 4.69) is 10.3 Å². The van der Waals surface area contributed by atoms with Gasteiger partial charge in [0, 0.05) is 29.3 Å². The van der Waals surface area contributed by atoms with Crippen LogP contribution in [-0.2, 0) is 5.41 Å². The van der Waals surface area contributed by atoms with Gasteiger partial charge in [0.1, 0.15) is 5.15 Å². The molecule has 5 heteroatoms. The molecule has 2 N–H and O–H groups in total. The van der Waals surface area contributed by atoms with Crippen molar-refractivity contribution in [3.63, 3.8) is 0 Å². The van der Waals surface area contributed by atoms with Gasteiger partial charge in [-0.05, 0) is 31.9 Å². The number of aromatic nitrogens is 1. The number of halogens is 1. The Hall–Kier alpha value is -1.13. The molecule has 1 amide bonds. The van der Waals surface area contributed by atoms with E-state index in [9.17, 15) is 4.79 Å². The Bertz CT molecular complexity index is 469. The molecule has 0 saturated carbocycles. The molecule has 1 heterocycles. The highest BCUT2D eigenvalue weighted by molar-refractivity contribution is 6.29. The molecule has 0 aliphatic heterocycles. The van der Waals surface area contributed by atoms with Crippen LogP contribution < -0.4 is 5.32 Å². The lowest BCUT2D eigenvalue weighted by Crippen LogP contribution is -2.33. The number of amides is 1. The van der Waals surface area contributed by atoms with Crippen LogP contribution in [0.3, 0.4) is 0 Å². The fraction of sp³-hybridized carbons (Fsp3) is 0.600. The number of hydrogen-bond donors (Lipinski definition) is 2. The van der Waals surface area contributed by atoms with Crippen LogP contribution in [0, 0.1) is 0 Å². The molecule has 0 aliphatic rings. The summed E-state index contributed by atoms with van der Waals surface area (Å²) >= 11 is 6.00. The Morgan fingerprint density at radius 1 is 1.45 bits per heavy atom. The lowest BCUT2D eigenvalue weighted by atomic mass is 9.91. The van der Waals surface area contributed by atoms with Crippen molar-refractivity contribution in [2.45, 2.75) is 52.0 Å². The van der Waals surface area contributed by atoms with Crippen molar-refractivity contribution < 1.29 is 9.90 Å². The van der Waals surface area contributed by atoms with Crippen molar-refractivity contribution in [3.05, 3.63) is 28.5 Å². The number of rotatable bonds is 5. The van der Waals surface area contributed by atoms with Crippen molar-refractivity contribution in [2.24, 2.45) is 0 Å². The first-order valence-electron chi connectivity index (χ1n) is 6.84. The molecule has 1 atom stereocenters. The van der Waals surface area contributed by atoms with Crippen molar-refractivity contribution in [2.75, 3.05) is 6.61 Å². The SMILES string of the molecule is CC(CCCO)NC(=O)c1cc(Cl)nc(C(C)(C)C)c1. The number of pyridine rings is 1. The molecular formula is C15H23ClN2O2. The van der Waals surface area contributed by atoms with Gasteiger partial charge >= 0.3 is 0 Å². The highest BCUT2D eigenvalue weighted by atomic mass is 35.5. The molecule has 1 unspecified atom stereocenters. The molecule has 0 aromatic carbocycles. The number of aliphatic hydroxyl groups excluding tert-OH is 1.